The molecule has 0 radical (unpaired) electrons. The molecule has 0 saturated heterocycles. The third-order valence-electron chi connectivity index (χ3n) is 4.84. The Kier molecular flexibility index (Phi) is 6.94. The molecule has 142 valence electrons. The maximum atomic E-state index is 12.3. The van der Waals surface area contributed by atoms with Gasteiger partial charge in [0.25, 0.3) is 5.91 Å². The molecule has 4 heteroatoms. The maximum Gasteiger partial charge on any atom is 0.260 e. The molecule has 1 atom stereocenters. The number of halogens is 1. The summed E-state index contributed by atoms with van der Waals surface area (Å²) in [7, 11) is 0. The summed E-state index contributed by atoms with van der Waals surface area (Å²) >= 11 is 6.37. The van der Waals surface area contributed by atoms with Crippen molar-refractivity contribution >= 4 is 17.5 Å². The third-order valence-corrected chi connectivity index (χ3v) is 5.14. The fourth-order valence-corrected chi connectivity index (χ4v) is 3.50. The van der Waals surface area contributed by atoms with Gasteiger partial charge in [0.1, 0.15) is 5.75 Å². The highest BCUT2D eigenvalue weighted by Crippen LogP contribution is 2.31. The summed E-state index contributed by atoms with van der Waals surface area (Å²) in [6.45, 7) is 2.40. The molecule has 0 aliphatic heterocycles. The number of carbonyl (C=O) groups excluding carboxylic acids is 1. The summed E-state index contributed by atoms with van der Waals surface area (Å²) in [5, 5.41) is 3.46. The van der Waals surface area contributed by atoms with Gasteiger partial charge in [-0.15, -0.1) is 0 Å². The zero-order chi connectivity index (χ0) is 19.1. The van der Waals surface area contributed by atoms with E-state index in [0.717, 1.165) is 24.0 Å². The number of rotatable bonds is 7. The van der Waals surface area contributed by atoms with Crippen LogP contribution in [0.25, 0.3) is 11.1 Å². The molecule has 1 amide bonds. The molecule has 0 unspecified atom stereocenters. The molecule has 27 heavy (non-hydrogen) atoms. The molecule has 0 fully saturated rings. The van der Waals surface area contributed by atoms with Crippen LogP contribution in [0.2, 0.25) is 5.02 Å². The van der Waals surface area contributed by atoms with E-state index in [-0.39, 0.29) is 5.91 Å². The number of hydrogen-bond donors (Lipinski definition) is 1. The SMILES string of the molecule is C[C@H](Oc1ccc(-c2ccccc2)cc1Cl)C(=O)NCCC1=CCCCC1. The van der Waals surface area contributed by atoms with Crippen LogP contribution in [0, 0.1) is 0 Å². The molecule has 1 aliphatic carbocycles. The average Bonchev–Trinajstić information content (AvgIpc) is 2.71. The average molecular weight is 384 g/mol. The summed E-state index contributed by atoms with van der Waals surface area (Å²) < 4.78 is 5.78. The van der Waals surface area contributed by atoms with Crippen molar-refractivity contribution in [1.29, 1.82) is 0 Å². The van der Waals surface area contributed by atoms with Gasteiger partial charge in [-0.2, -0.15) is 0 Å². The van der Waals surface area contributed by atoms with E-state index in [1.807, 2.05) is 48.5 Å². The van der Waals surface area contributed by atoms with E-state index in [1.165, 1.54) is 24.8 Å². The molecule has 1 aliphatic rings. The van der Waals surface area contributed by atoms with Crippen molar-refractivity contribution in [1.82, 2.24) is 5.32 Å². The number of ether oxygens (including phenoxy) is 1. The van der Waals surface area contributed by atoms with E-state index in [2.05, 4.69) is 11.4 Å². The number of amides is 1. The van der Waals surface area contributed by atoms with Crippen molar-refractivity contribution in [2.75, 3.05) is 6.54 Å². The lowest BCUT2D eigenvalue weighted by Gasteiger charge is -2.17. The Morgan fingerprint density at radius 1 is 1.15 bits per heavy atom. The van der Waals surface area contributed by atoms with Crippen LogP contribution in [0.5, 0.6) is 5.75 Å². The van der Waals surface area contributed by atoms with E-state index in [1.54, 1.807) is 6.92 Å². The quantitative estimate of drug-likeness (QED) is 0.615. The minimum atomic E-state index is -0.592. The zero-order valence-corrected chi connectivity index (χ0v) is 16.5. The number of benzene rings is 2. The first-order valence-corrected chi connectivity index (χ1v) is 9.98. The molecule has 1 N–H and O–H groups in total. The van der Waals surface area contributed by atoms with Gasteiger partial charge in [0, 0.05) is 6.54 Å². The summed E-state index contributed by atoms with van der Waals surface area (Å²) in [4.78, 5) is 12.3. The third kappa shape index (κ3) is 5.61. The van der Waals surface area contributed by atoms with E-state index < -0.39 is 6.10 Å². The van der Waals surface area contributed by atoms with E-state index in [9.17, 15) is 4.79 Å². The molecule has 0 aromatic heterocycles. The highest BCUT2D eigenvalue weighted by Gasteiger charge is 2.16. The van der Waals surface area contributed by atoms with Crippen LogP contribution in [0.3, 0.4) is 0 Å². The summed E-state index contributed by atoms with van der Waals surface area (Å²) in [6, 6.07) is 15.7. The Morgan fingerprint density at radius 3 is 2.67 bits per heavy atom. The lowest BCUT2D eigenvalue weighted by atomic mass is 9.97. The normalized spacial score (nSPS) is 15.0. The predicted octanol–water partition coefficient (Wildman–Crippen LogP) is 5.78. The van der Waals surface area contributed by atoms with E-state index in [4.69, 9.17) is 16.3 Å². The van der Waals surface area contributed by atoms with Gasteiger partial charge in [-0.3, -0.25) is 4.79 Å². The molecule has 3 nitrogen and oxygen atoms in total. The monoisotopic (exact) mass is 383 g/mol. The van der Waals surface area contributed by atoms with E-state index >= 15 is 0 Å². The Hall–Kier alpha value is -2.26. The van der Waals surface area contributed by atoms with Gasteiger partial charge in [0.2, 0.25) is 0 Å². The van der Waals surface area contributed by atoms with Gasteiger partial charge in [-0.05, 0) is 62.3 Å². The second-order valence-corrected chi connectivity index (χ2v) is 7.33. The first-order chi connectivity index (χ1) is 13.1. The fourth-order valence-electron chi connectivity index (χ4n) is 3.27. The van der Waals surface area contributed by atoms with Crippen LogP contribution in [0.15, 0.2) is 60.2 Å². The Morgan fingerprint density at radius 2 is 1.96 bits per heavy atom. The van der Waals surface area contributed by atoms with Crippen LogP contribution in [-0.2, 0) is 4.79 Å². The van der Waals surface area contributed by atoms with Gasteiger partial charge in [0.15, 0.2) is 6.10 Å². The minimum absolute atomic E-state index is 0.116. The standard InChI is InChI=1S/C23H26ClNO2/c1-17(23(26)25-15-14-18-8-4-2-5-9-18)27-22-13-12-20(16-21(22)24)19-10-6-3-7-11-19/h3,6-8,10-13,16-17H,2,4-5,9,14-15H2,1H3,(H,25,26)/t17-/m0/s1. The number of hydrogen-bond acceptors (Lipinski definition) is 2. The molecule has 0 heterocycles. The van der Waals surface area contributed by atoms with Gasteiger partial charge >= 0.3 is 0 Å². The Balaban J connectivity index is 1.53. The van der Waals surface area contributed by atoms with Gasteiger partial charge in [0.05, 0.1) is 5.02 Å². The zero-order valence-electron chi connectivity index (χ0n) is 15.7. The smallest absolute Gasteiger partial charge is 0.260 e. The van der Waals surface area contributed by atoms with E-state index in [0.29, 0.717) is 17.3 Å². The van der Waals surface area contributed by atoms with Crippen molar-refractivity contribution in [3.63, 3.8) is 0 Å². The lowest BCUT2D eigenvalue weighted by Crippen LogP contribution is -2.37. The molecular formula is C23H26ClNO2. The molecule has 0 spiro atoms. The summed E-state index contributed by atoms with van der Waals surface area (Å²) in [6.07, 6.45) is 7.51. The molecule has 2 aromatic carbocycles. The highest BCUT2D eigenvalue weighted by atomic mass is 35.5. The largest absolute Gasteiger partial charge is 0.479 e. The van der Waals surface area contributed by atoms with Crippen molar-refractivity contribution < 1.29 is 9.53 Å². The highest BCUT2D eigenvalue weighted by molar-refractivity contribution is 6.32. The van der Waals surface area contributed by atoms with Crippen LogP contribution in [0.1, 0.15) is 39.0 Å². The van der Waals surface area contributed by atoms with Gasteiger partial charge in [-0.25, -0.2) is 0 Å². The van der Waals surface area contributed by atoms with Crippen molar-refractivity contribution in [2.45, 2.75) is 45.1 Å². The van der Waals surface area contributed by atoms with Crippen LogP contribution < -0.4 is 10.1 Å². The predicted molar refractivity (Wildman–Crippen MR) is 111 cm³/mol. The summed E-state index contributed by atoms with van der Waals surface area (Å²) in [5.41, 5.74) is 3.56. The Bertz CT molecular complexity index is 801. The topological polar surface area (TPSA) is 38.3 Å². The van der Waals surface area contributed by atoms with Crippen molar-refractivity contribution in [3.8, 4) is 16.9 Å². The van der Waals surface area contributed by atoms with Crippen LogP contribution in [0.4, 0.5) is 0 Å². The van der Waals surface area contributed by atoms with Crippen molar-refractivity contribution in [2.24, 2.45) is 0 Å². The second-order valence-electron chi connectivity index (χ2n) is 6.92. The van der Waals surface area contributed by atoms with Crippen molar-refractivity contribution in [3.05, 3.63) is 65.2 Å². The first kappa shape index (κ1) is 19.5. The van der Waals surface area contributed by atoms with Gasteiger partial charge in [-0.1, -0.05) is 59.6 Å². The molecule has 3 rings (SSSR count). The maximum absolute atomic E-state index is 12.3. The number of carbonyl (C=O) groups is 1. The second kappa shape index (κ2) is 9.61. The summed E-state index contributed by atoms with van der Waals surface area (Å²) in [5.74, 6) is 0.406. The number of allylic oxidation sites excluding steroid dienone is 1. The molecular weight excluding hydrogens is 358 g/mol. The Labute approximate surface area is 166 Å². The lowest BCUT2D eigenvalue weighted by molar-refractivity contribution is -0.127. The van der Waals surface area contributed by atoms with Crippen LogP contribution >= 0.6 is 11.6 Å². The van der Waals surface area contributed by atoms with Crippen LogP contribution in [-0.4, -0.2) is 18.6 Å². The molecule has 2 aromatic rings. The molecule has 0 saturated carbocycles. The molecule has 0 bridgehead atoms. The first-order valence-electron chi connectivity index (χ1n) is 9.61. The fraction of sp³-hybridized carbons (Fsp3) is 0.348. The van der Waals surface area contributed by atoms with Gasteiger partial charge < -0.3 is 10.1 Å². The number of nitrogens with one attached hydrogen (secondary N) is 1. The minimum Gasteiger partial charge on any atom is -0.479 e.